The van der Waals surface area contributed by atoms with Crippen LogP contribution < -0.4 is 30.4 Å². The molecule has 1 atom stereocenters. The summed E-state index contributed by atoms with van der Waals surface area (Å²) in [6.07, 6.45) is 2.28. The lowest BCUT2D eigenvalue weighted by molar-refractivity contribution is -0.130. The molecule has 2 aromatic carbocycles. The summed E-state index contributed by atoms with van der Waals surface area (Å²) in [6, 6.07) is 12.8. The van der Waals surface area contributed by atoms with Gasteiger partial charge in [-0.25, -0.2) is 0 Å². The highest BCUT2D eigenvalue weighted by Crippen LogP contribution is 2.27. The number of nitrogens with one attached hydrogen (secondary N) is 3. The number of hydrogen-bond donors (Lipinski definition) is 3. The standard InChI is InChI=1S/C23H29N3O6S/c1-4-31-19-11-10-16(14-20(19)30-2)22(28)25-26-23(29)18(12-13-33-3)24-21(27)15-32-17-8-6-5-7-9-17/h5-11,14,18H,4,12-13,15H2,1-3H3,(H,24,27)(H,25,28)(H,26,29). The predicted molar refractivity (Wildman–Crippen MR) is 127 cm³/mol. The van der Waals surface area contributed by atoms with Gasteiger partial charge in [-0.3, -0.25) is 25.2 Å². The highest BCUT2D eigenvalue weighted by Gasteiger charge is 2.21. The summed E-state index contributed by atoms with van der Waals surface area (Å²) in [5, 5.41) is 2.65. The summed E-state index contributed by atoms with van der Waals surface area (Å²) in [7, 11) is 1.47. The highest BCUT2D eigenvalue weighted by molar-refractivity contribution is 7.98. The lowest BCUT2D eigenvalue weighted by Crippen LogP contribution is -2.53. The number of benzene rings is 2. The number of hydrazine groups is 1. The van der Waals surface area contributed by atoms with Gasteiger partial charge in [-0.05, 0) is 55.7 Å². The van der Waals surface area contributed by atoms with Crippen LogP contribution in [0.15, 0.2) is 48.5 Å². The number of para-hydroxylation sites is 1. The first-order valence-corrected chi connectivity index (χ1v) is 11.7. The zero-order chi connectivity index (χ0) is 24.1. The van der Waals surface area contributed by atoms with Crippen molar-refractivity contribution in [3.05, 3.63) is 54.1 Å². The molecule has 3 N–H and O–H groups in total. The van der Waals surface area contributed by atoms with Crippen molar-refractivity contribution in [2.45, 2.75) is 19.4 Å². The summed E-state index contributed by atoms with van der Waals surface area (Å²) < 4.78 is 16.1. The van der Waals surface area contributed by atoms with E-state index in [4.69, 9.17) is 14.2 Å². The lowest BCUT2D eigenvalue weighted by atomic mass is 10.2. The Hall–Kier alpha value is -3.40. The van der Waals surface area contributed by atoms with Crippen molar-refractivity contribution in [1.29, 1.82) is 0 Å². The molecule has 0 aromatic heterocycles. The summed E-state index contributed by atoms with van der Waals surface area (Å²) in [4.78, 5) is 37.4. The zero-order valence-corrected chi connectivity index (χ0v) is 19.7. The summed E-state index contributed by atoms with van der Waals surface area (Å²) in [5.74, 6) is 0.591. The van der Waals surface area contributed by atoms with Gasteiger partial charge in [0.25, 0.3) is 17.7 Å². The third-order valence-electron chi connectivity index (χ3n) is 4.40. The van der Waals surface area contributed by atoms with Crippen LogP contribution in [0.2, 0.25) is 0 Å². The predicted octanol–water partition coefficient (Wildman–Crippen LogP) is 2.17. The fourth-order valence-corrected chi connectivity index (χ4v) is 3.24. The van der Waals surface area contributed by atoms with Crippen molar-refractivity contribution in [3.8, 4) is 17.2 Å². The third kappa shape index (κ3) is 8.57. The minimum Gasteiger partial charge on any atom is -0.493 e. The van der Waals surface area contributed by atoms with E-state index in [1.165, 1.54) is 24.9 Å². The Bertz CT molecular complexity index is 926. The molecule has 0 aliphatic heterocycles. The molecule has 178 valence electrons. The van der Waals surface area contributed by atoms with Crippen molar-refractivity contribution in [2.24, 2.45) is 0 Å². The van der Waals surface area contributed by atoms with Crippen LogP contribution in [0.3, 0.4) is 0 Å². The van der Waals surface area contributed by atoms with E-state index in [9.17, 15) is 14.4 Å². The van der Waals surface area contributed by atoms with E-state index in [0.29, 0.717) is 36.0 Å². The molecule has 0 heterocycles. The van der Waals surface area contributed by atoms with Crippen molar-refractivity contribution in [2.75, 3.05) is 32.3 Å². The Morgan fingerprint density at radius 3 is 2.42 bits per heavy atom. The van der Waals surface area contributed by atoms with Crippen LogP contribution in [0.1, 0.15) is 23.7 Å². The van der Waals surface area contributed by atoms with Crippen molar-refractivity contribution >= 4 is 29.5 Å². The summed E-state index contributed by atoms with van der Waals surface area (Å²) in [5.41, 5.74) is 5.01. The van der Waals surface area contributed by atoms with Gasteiger partial charge in [0.15, 0.2) is 18.1 Å². The van der Waals surface area contributed by atoms with Gasteiger partial charge in [-0.2, -0.15) is 11.8 Å². The molecule has 0 spiro atoms. The molecule has 0 aliphatic rings. The molecule has 0 saturated carbocycles. The second-order valence-corrected chi connectivity index (χ2v) is 7.73. The second-order valence-electron chi connectivity index (χ2n) is 6.75. The van der Waals surface area contributed by atoms with Crippen molar-refractivity contribution in [1.82, 2.24) is 16.2 Å². The van der Waals surface area contributed by atoms with Crippen LogP contribution in [0.25, 0.3) is 0 Å². The van der Waals surface area contributed by atoms with E-state index in [0.717, 1.165) is 0 Å². The Labute approximate surface area is 197 Å². The smallest absolute Gasteiger partial charge is 0.269 e. The molecule has 33 heavy (non-hydrogen) atoms. The van der Waals surface area contributed by atoms with Gasteiger partial charge in [0.05, 0.1) is 13.7 Å². The quantitative estimate of drug-likeness (QED) is 0.403. The normalized spacial score (nSPS) is 11.1. The van der Waals surface area contributed by atoms with E-state index in [1.54, 1.807) is 36.4 Å². The van der Waals surface area contributed by atoms with E-state index < -0.39 is 23.8 Å². The topological polar surface area (TPSA) is 115 Å². The Morgan fingerprint density at radius 1 is 1.00 bits per heavy atom. The summed E-state index contributed by atoms with van der Waals surface area (Å²) >= 11 is 1.54. The maximum Gasteiger partial charge on any atom is 0.269 e. The molecule has 0 aliphatic carbocycles. The molecule has 1 unspecified atom stereocenters. The second kappa shape index (κ2) is 13.9. The van der Waals surface area contributed by atoms with Crippen molar-refractivity contribution in [3.63, 3.8) is 0 Å². The monoisotopic (exact) mass is 475 g/mol. The molecular weight excluding hydrogens is 446 g/mol. The first kappa shape index (κ1) is 25.9. The first-order valence-electron chi connectivity index (χ1n) is 10.4. The van der Waals surface area contributed by atoms with E-state index in [2.05, 4.69) is 16.2 Å². The minimum atomic E-state index is -0.834. The number of methoxy groups -OCH3 is 1. The van der Waals surface area contributed by atoms with E-state index in [-0.39, 0.29) is 12.2 Å². The number of thioether (sulfide) groups is 1. The van der Waals surface area contributed by atoms with Gasteiger partial charge >= 0.3 is 0 Å². The van der Waals surface area contributed by atoms with Crippen LogP contribution in [0.5, 0.6) is 17.2 Å². The Morgan fingerprint density at radius 2 is 1.76 bits per heavy atom. The van der Waals surface area contributed by atoms with Crippen molar-refractivity contribution < 1.29 is 28.6 Å². The fourth-order valence-electron chi connectivity index (χ4n) is 2.77. The Kier molecular flexibility index (Phi) is 10.9. The maximum atomic E-state index is 12.6. The SMILES string of the molecule is CCOc1ccc(C(=O)NNC(=O)C(CCSC)NC(=O)COc2ccccc2)cc1OC. The molecule has 0 fully saturated rings. The van der Waals surface area contributed by atoms with Gasteiger partial charge in [-0.15, -0.1) is 0 Å². The third-order valence-corrected chi connectivity index (χ3v) is 5.04. The number of amides is 3. The van der Waals surface area contributed by atoms with Gasteiger partial charge in [0.2, 0.25) is 0 Å². The van der Waals surface area contributed by atoms with Crippen LogP contribution in [-0.4, -0.2) is 56.1 Å². The molecular formula is C23H29N3O6S. The number of hydrogen-bond acceptors (Lipinski definition) is 7. The molecule has 10 heteroatoms. The highest BCUT2D eigenvalue weighted by atomic mass is 32.2. The average Bonchev–Trinajstić information content (AvgIpc) is 2.84. The molecule has 0 saturated heterocycles. The number of rotatable bonds is 12. The van der Waals surface area contributed by atoms with E-state index in [1.807, 2.05) is 19.2 Å². The Balaban J connectivity index is 1.92. The molecule has 2 rings (SSSR count). The van der Waals surface area contributed by atoms with Gasteiger partial charge in [0, 0.05) is 5.56 Å². The molecule has 2 aromatic rings. The van der Waals surface area contributed by atoms with Crippen LogP contribution in [-0.2, 0) is 9.59 Å². The zero-order valence-electron chi connectivity index (χ0n) is 18.9. The van der Waals surface area contributed by atoms with Gasteiger partial charge < -0.3 is 19.5 Å². The summed E-state index contributed by atoms with van der Waals surface area (Å²) in [6.45, 7) is 2.07. The maximum absolute atomic E-state index is 12.6. The number of carbonyl (C=O) groups is 3. The number of ether oxygens (including phenoxy) is 3. The van der Waals surface area contributed by atoms with E-state index >= 15 is 0 Å². The molecule has 0 bridgehead atoms. The van der Waals surface area contributed by atoms with Crippen LogP contribution >= 0.6 is 11.8 Å². The number of carbonyl (C=O) groups excluding carboxylic acids is 3. The first-order chi connectivity index (χ1) is 16.0. The largest absolute Gasteiger partial charge is 0.493 e. The van der Waals surface area contributed by atoms with Crippen LogP contribution in [0.4, 0.5) is 0 Å². The fraction of sp³-hybridized carbons (Fsp3) is 0.348. The van der Waals surface area contributed by atoms with Gasteiger partial charge in [-0.1, -0.05) is 18.2 Å². The molecule has 0 radical (unpaired) electrons. The van der Waals surface area contributed by atoms with Gasteiger partial charge in [0.1, 0.15) is 11.8 Å². The average molecular weight is 476 g/mol. The van der Waals surface area contributed by atoms with Crippen LogP contribution in [0, 0.1) is 0 Å². The molecule has 3 amide bonds. The molecule has 9 nitrogen and oxygen atoms in total. The lowest BCUT2D eigenvalue weighted by Gasteiger charge is -2.19. The minimum absolute atomic E-state index is 0.231.